The first-order valence-corrected chi connectivity index (χ1v) is 9.17. The average Bonchev–Trinajstić information content (AvgIpc) is 3.06. The zero-order valence-electron chi connectivity index (χ0n) is 15.5. The van der Waals surface area contributed by atoms with Crippen LogP contribution in [0, 0.1) is 5.92 Å². The first-order chi connectivity index (χ1) is 13.0. The van der Waals surface area contributed by atoms with Crippen LogP contribution in [-0.2, 0) is 20.7 Å². The van der Waals surface area contributed by atoms with E-state index in [1.165, 1.54) is 0 Å². The second kappa shape index (κ2) is 8.16. The molecule has 0 aromatic heterocycles. The Morgan fingerprint density at radius 3 is 2.59 bits per heavy atom. The van der Waals surface area contributed by atoms with E-state index in [-0.39, 0.29) is 36.6 Å². The Labute approximate surface area is 158 Å². The van der Waals surface area contributed by atoms with E-state index in [2.05, 4.69) is 5.32 Å². The van der Waals surface area contributed by atoms with E-state index in [1.54, 1.807) is 18.2 Å². The van der Waals surface area contributed by atoms with Crippen LogP contribution in [0.5, 0.6) is 0 Å². The lowest BCUT2D eigenvalue weighted by molar-refractivity contribution is -0.145. The summed E-state index contributed by atoms with van der Waals surface area (Å²) >= 11 is 0. The van der Waals surface area contributed by atoms with Crippen LogP contribution >= 0.6 is 0 Å². The number of nitrogens with one attached hydrogen (secondary N) is 1. The molecular weight excluding hydrogens is 342 g/mol. The number of esters is 1. The normalized spacial score (nSPS) is 14.8. The van der Waals surface area contributed by atoms with Gasteiger partial charge in [0, 0.05) is 11.3 Å². The summed E-state index contributed by atoms with van der Waals surface area (Å²) in [6.45, 7) is 3.73. The smallest absolute Gasteiger partial charge is 0.314 e. The second-order valence-electron chi connectivity index (χ2n) is 6.90. The lowest BCUT2D eigenvalue weighted by atomic mass is 9.85. The summed E-state index contributed by atoms with van der Waals surface area (Å²) in [7, 11) is 0. The van der Waals surface area contributed by atoms with Gasteiger partial charge in [0.2, 0.25) is 5.91 Å². The molecule has 1 amide bonds. The number of anilines is 1. The summed E-state index contributed by atoms with van der Waals surface area (Å²) in [5, 5.41) is 2.73. The minimum absolute atomic E-state index is 0.0831. The number of hydrogen-bond donors (Lipinski definition) is 1. The molecule has 2 aromatic rings. The fraction of sp³-hybridized carbons (Fsp3) is 0.318. The fourth-order valence-corrected chi connectivity index (χ4v) is 3.31. The number of fused-ring (bicyclic) bond motifs is 1. The molecule has 1 aliphatic heterocycles. The van der Waals surface area contributed by atoms with Gasteiger partial charge in [0.15, 0.2) is 12.4 Å². The Hall–Kier alpha value is -2.95. The molecule has 0 radical (unpaired) electrons. The maximum atomic E-state index is 12.7. The SMILES string of the molecule is CC[C@H](C)[C@H](C(=O)OCC(=O)c1ccc2c(c1)CC(=O)N2)c1ccccc1. The molecule has 5 nitrogen and oxygen atoms in total. The van der Waals surface area contributed by atoms with Gasteiger partial charge in [-0.15, -0.1) is 0 Å². The minimum atomic E-state index is -0.397. The van der Waals surface area contributed by atoms with Gasteiger partial charge in [-0.2, -0.15) is 0 Å². The second-order valence-corrected chi connectivity index (χ2v) is 6.90. The number of benzene rings is 2. The number of amides is 1. The van der Waals surface area contributed by atoms with Gasteiger partial charge in [0.1, 0.15) is 0 Å². The molecule has 0 bridgehead atoms. The monoisotopic (exact) mass is 365 g/mol. The topological polar surface area (TPSA) is 72.5 Å². The molecule has 140 valence electrons. The van der Waals surface area contributed by atoms with E-state index in [0.717, 1.165) is 23.2 Å². The Kier molecular flexibility index (Phi) is 5.69. The molecule has 2 aromatic carbocycles. The maximum absolute atomic E-state index is 12.7. The Morgan fingerprint density at radius 2 is 1.89 bits per heavy atom. The molecule has 5 heteroatoms. The van der Waals surface area contributed by atoms with Gasteiger partial charge in [-0.05, 0) is 35.2 Å². The maximum Gasteiger partial charge on any atom is 0.314 e. The zero-order chi connectivity index (χ0) is 19.4. The molecule has 2 atom stereocenters. The summed E-state index contributed by atoms with van der Waals surface area (Å²) < 4.78 is 5.37. The van der Waals surface area contributed by atoms with Crippen LogP contribution in [0.1, 0.15) is 47.7 Å². The summed E-state index contributed by atoms with van der Waals surface area (Å²) in [6.07, 6.45) is 1.09. The Balaban J connectivity index is 1.68. The van der Waals surface area contributed by atoms with Gasteiger partial charge in [-0.25, -0.2) is 0 Å². The standard InChI is InChI=1S/C22H23NO4/c1-3-14(2)21(15-7-5-4-6-8-15)22(26)27-13-19(24)16-9-10-18-17(11-16)12-20(25)23-18/h4-11,14,21H,3,12-13H2,1-2H3,(H,23,25)/t14-,21-/m0/s1. The van der Waals surface area contributed by atoms with Crippen molar-refractivity contribution in [3.63, 3.8) is 0 Å². The third-order valence-corrected chi connectivity index (χ3v) is 5.02. The molecular formula is C22H23NO4. The summed E-state index contributed by atoms with van der Waals surface area (Å²) in [4.78, 5) is 36.6. The van der Waals surface area contributed by atoms with Gasteiger partial charge in [-0.3, -0.25) is 14.4 Å². The van der Waals surface area contributed by atoms with Gasteiger partial charge < -0.3 is 10.1 Å². The van der Waals surface area contributed by atoms with Gasteiger partial charge in [0.25, 0.3) is 0 Å². The Bertz CT molecular complexity index is 860. The lowest BCUT2D eigenvalue weighted by Crippen LogP contribution is -2.24. The third-order valence-electron chi connectivity index (χ3n) is 5.02. The molecule has 0 saturated heterocycles. The van der Waals surface area contributed by atoms with Crippen molar-refractivity contribution in [2.45, 2.75) is 32.6 Å². The van der Waals surface area contributed by atoms with E-state index in [0.29, 0.717) is 5.56 Å². The summed E-state index contributed by atoms with van der Waals surface area (Å²) in [5.74, 6) is -1.04. The van der Waals surface area contributed by atoms with Gasteiger partial charge in [0.05, 0.1) is 12.3 Å². The number of ketones is 1. The molecule has 0 saturated carbocycles. The third kappa shape index (κ3) is 4.25. The zero-order valence-corrected chi connectivity index (χ0v) is 15.5. The van der Waals surface area contributed by atoms with Crippen LogP contribution in [0.2, 0.25) is 0 Å². The number of rotatable bonds is 7. The molecule has 0 aliphatic carbocycles. The fourth-order valence-electron chi connectivity index (χ4n) is 3.31. The number of carbonyl (C=O) groups excluding carboxylic acids is 3. The predicted molar refractivity (Wildman–Crippen MR) is 103 cm³/mol. The quantitative estimate of drug-likeness (QED) is 0.599. The lowest BCUT2D eigenvalue weighted by Gasteiger charge is -2.21. The van der Waals surface area contributed by atoms with Crippen LogP contribution in [0.15, 0.2) is 48.5 Å². The highest BCUT2D eigenvalue weighted by molar-refractivity contribution is 6.03. The highest BCUT2D eigenvalue weighted by Gasteiger charge is 2.28. The molecule has 1 N–H and O–H groups in total. The van der Waals surface area contributed by atoms with Crippen molar-refractivity contribution in [3.8, 4) is 0 Å². The first-order valence-electron chi connectivity index (χ1n) is 9.17. The highest BCUT2D eigenvalue weighted by Crippen LogP contribution is 2.28. The number of Topliss-reactive ketones (excluding diaryl/α,β-unsaturated/α-hetero) is 1. The molecule has 0 unspecified atom stereocenters. The molecule has 1 heterocycles. The molecule has 3 rings (SSSR count). The number of carbonyl (C=O) groups is 3. The molecule has 0 spiro atoms. The van der Waals surface area contributed by atoms with Gasteiger partial charge >= 0.3 is 5.97 Å². The van der Waals surface area contributed by atoms with Crippen molar-refractivity contribution in [3.05, 3.63) is 65.2 Å². The largest absolute Gasteiger partial charge is 0.457 e. The molecule has 0 fully saturated rings. The van der Waals surface area contributed by atoms with E-state index in [9.17, 15) is 14.4 Å². The highest BCUT2D eigenvalue weighted by atomic mass is 16.5. The van der Waals surface area contributed by atoms with Crippen LogP contribution < -0.4 is 5.32 Å². The molecule has 27 heavy (non-hydrogen) atoms. The van der Waals surface area contributed by atoms with Crippen molar-refractivity contribution in [1.29, 1.82) is 0 Å². The van der Waals surface area contributed by atoms with Crippen LogP contribution in [0.25, 0.3) is 0 Å². The van der Waals surface area contributed by atoms with Crippen molar-refractivity contribution in [2.75, 3.05) is 11.9 Å². The van der Waals surface area contributed by atoms with Crippen LogP contribution in [0.4, 0.5) is 5.69 Å². The van der Waals surface area contributed by atoms with Crippen LogP contribution in [-0.4, -0.2) is 24.3 Å². The minimum Gasteiger partial charge on any atom is -0.457 e. The van der Waals surface area contributed by atoms with Crippen molar-refractivity contribution in [1.82, 2.24) is 0 Å². The Morgan fingerprint density at radius 1 is 1.15 bits per heavy atom. The van der Waals surface area contributed by atoms with E-state index < -0.39 is 5.92 Å². The van der Waals surface area contributed by atoms with Crippen LogP contribution in [0.3, 0.4) is 0 Å². The van der Waals surface area contributed by atoms with Crippen molar-refractivity contribution < 1.29 is 19.1 Å². The van der Waals surface area contributed by atoms with E-state index in [1.807, 2.05) is 44.2 Å². The first kappa shape index (κ1) is 18.8. The summed E-state index contributed by atoms with van der Waals surface area (Å²) in [5.41, 5.74) is 2.86. The number of hydrogen-bond acceptors (Lipinski definition) is 4. The number of ether oxygens (including phenoxy) is 1. The van der Waals surface area contributed by atoms with E-state index in [4.69, 9.17) is 4.74 Å². The average molecular weight is 365 g/mol. The predicted octanol–water partition coefficient (Wildman–Crippen LogP) is 3.74. The van der Waals surface area contributed by atoms with E-state index >= 15 is 0 Å². The van der Waals surface area contributed by atoms with Gasteiger partial charge in [-0.1, -0.05) is 50.6 Å². The summed E-state index contributed by atoms with van der Waals surface area (Å²) in [6, 6.07) is 14.5. The molecule has 1 aliphatic rings. The van der Waals surface area contributed by atoms with Crippen molar-refractivity contribution in [2.24, 2.45) is 5.92 Å². The van der Waals surface area contributed by atoms with Crippen molar-refractivity contribution >= 4 is 23.3 Å².